The molecular weight excluding hydrogens is 222 g/mol. The Morgan fingerprint density at radius 2 is 2.29 bits per heavy atom. The third-order valence-electron chi connectivity index (χ3n) is 3.63. The number of aromatic nitrogens is 3. The lowest BCUT2D eigenvalue weighted by Gasteiger charge is -2.21. The molecule has 6 heteroatoms. The van der Waals surface area contributed by atoms with Gasteiger partial charge in [0.05, 0.1) is 12.5 Å². The molecule has 3 heterocycles. The average molecular weight is 237 g/mol. The molecule has 0 bridgehead atoms. The number of fused-ring (bicyclic) bond motifs is 1. The minimum absolute atomic E-state index is 0.306. The van der Waals surface area contributed by atoms with E-state index >= 15 is 0 Å². The van der Waals surface area contributed by atoms with Crippen molar-refractivity contribution in [1.82, 2.24) is 14.8 Å². The van der Waals surface area contributed by atoms with Crippen LogP contribution in [0.5, 0.6) is 0 Å². The first-order valence-electron chi connectivity index (χ1n) is 5.98. The zero-order chi connectivity index (χ0) is 11.8. The van der Waals surface area contributed by atoms with E-state index in [0.717, 1.165) is 24.7 Å². The smallest absolute Gasteiger partial charge is 0.307 e. The van der Waals surface area contributed by atoms with Crippen molar-refractivity contribution in [3.63, 3.8) is 0 Å². The van der Waals surface area contributed by atoms with Gasteiger partial charge in [0.1, 0.15) is 11.6 Å². The second-order valence-electron chi connectivity index (χ2n) is 4.71. The minimum atomic E-state index is -0.731. The molecule has 0 aromatic carbocycles. The summed E-state index contributed by atoms with van der Waals surface area (Å²) >= 11 is 0. The van der Waals surface area contributed by atoms with Crippen LogP contribution < -0.4 is 0 Å². The third kappa shape index (κ3) is 1.82. The molecule has 2 unspecified atom stereocenters. The van der Waals surface area contributed by atoms with E-state index < -0.39 is 5.97 Å². The van der Waals surface area contributed by atoms with Crippen LogP contribution in [0.3, 0.4) is 0 Å². The summed E-state index contributed by atoms with van der Waals surface area (Å²) in [6, 6.07) is 0. The van der Waals surface area contributed by atoms with E-state index in [2.05, 4.69) is 14.8 Å². The van der Waals surface area contributed by atoms with E-state index in [1.807, 2.05) is 0 Å². The summed E-state index contributed by atoms with van der Waals surface area (Å²) < 4.78 is 7.44. The zero-order valence-corrected chi connectivity index (χ0v) is 9.50. The van der Waals surface area contributed by atoms with Gasteiger partial charge in [0.15, 0.2) is 0 Å². The number of carboxylic acid groups (broad SMARTS) is 1. The standard InChI is InChI=1S/C11H15N3O3/c15-11(16)7-1-3-14-9(5-7)12-13-10(14)8-2-4-17-6-8/h7-8H,1-6H2,(H,15,16). The number of carboxylic acids is 1. The number of hydrogen-bond donors (Lipinski definition) is 1. The Morgan fingerprint density at radius 3 is 3.00 bits per heavy atom. The van der Waals surface area contributed by atoms with Crippen LogP contribution in [0.4, 0.5) is 0 Å². The molecule has 1 aromatic heterocycles. The minimum Gasteiger partial charge on any atom is -0.481 e. The Morgan fingerprint density at radius 1 is 1.41 bits per heavy atom. The molecule has 0 spiro atoms. The Bertz CT molecular complexity index is 437. The van der Waals surface area contributed by atoms with Crippen LogP contribution in [0.1, 0.15) is 30.4 Å². The van der Waals surface area contributed by atoms with Gasteiger partial charge in [-0.25, -0.2) is 0 Å². The molecule has 0 aliphatic carbocycles. The number of ether oxygens (including phenoxy) is 1. The molecule has 2 aliphatic heterocycles. The summed E-state index contributed by atoms with van der Waals surface area (Å²) in [4.78, 5) is 10.9. The third-order valence-corrected chi connectivity index (χ3v) is 3.63. The van der Waals surface area contributed by atoms with Gasteiger partial charge >= 0.3 is 5.97 Å². The fourth-order valence-corrected chi connectivity index (χ4v) is 2.60. The number of hydrogen-bond acceptors (Lipinski definition) is 4. The number of rotatable bonds is 2. The molecule has 0 amide bonds. The Kier molecular flexibility index (Phi) is 2.58. The lowest BCUT2D eigenvalue weighted by molar-refractivity contribution is -0.142. The Hall–Kier alpha value is -1.43. The molecular formula is C11H15N3O3. The Balaban J connectivity index is 1.84. The summed E-state index contributed by atoms with van der Waals surface area (Å²) in [7, 11) is 0. The van der Waals surface area contributed by atoms with E-state index in [4.69, 9.17) is 9.84 Å². The molecule has 3 rings (SSSR count). The Labute approximate surface area is 98.6 Å². The molecule has 1 N–H and O–H groups in total. The SMILES string of the molecule is O=C(O)C1CCn2c(nnc2C2CCOC2)C1. The highest BCUT2D eigenvalue weighted by Crippen LogP contribution is 2.28. The van der Waals surface area contributed by atoms with Gasteiger partial charge in [-0.2, -0.15) is 0 Å². The predicted molar refractivity (Wildman–Crippen MR) is 57.6 cm³/mol. The molecule has 2 atom stereocenters. The van der Waals surface area contributed by atoms with E-state index in [1.54, 1.807) is 0 Å². The van der Waals surface area contributed by atoms with E-state index in [9.17, 15) is 4.79 Å². The van der Waals surface area contributed by atoms with E-state index in [0.29, 0.717) is 31.9 Å². The summed E-state index contributed by atoms with van der Waals surface area (Å²) in [5.74, 6) is 1.08. The maximum atomic E-state index is 10.9. The number of aliphatic carboxylic acids is 1. The van der Waals surface area contributed by atoms with Gasteiger partial charge < -0.3 is 14.4 Å². The van der Waals surface area contributed by atoms with Crippen molar-refractivity contribution in [3.8, 4) is 0 Å². The quantitative estimate of drug-likeness (QED) is 0.807. The highest BCUT2D eigenvalue weighted by atomic mass is 16.5. The van der Waals surface area contributed by atoms with Crippen molar-refractivity contribution in [2.45, 2.75) is 31.7 Å². The second-order valence-corrected chi connectivity index (χ2v) is 4.71. The van der Waals surface area contributed by atoms with E-state index in [1.165, 1.54) is 0 Å². The van der Waals surface area contributed by atoms with Crippen LogP contribution in [0, 0.1) is 5.92 Å². The summed E-state index contributed by atoms with van der Waals surface area (Å²) in [5.41, 5.74) is 0. The highest BCUT2D eigenvalue weighted by molar-refractivity contribution is 5.70. The summed E-state index contributed by atoms with van der Waals surface area (Å²) in [5, 5.41) is 17.3. The average Bonchev–Trinajstić information content (AvgIpc) is 2.96. The maximum Gasteiger partial charge on any atom is 0.307 e. The van der Waals surface area contributed by atoms with Crippen LogP contribution in [0.25, 0.3) is 0 Å². The molecule has 92 valence electrons. The van der Waals surface area contributed by atoms with Gasteiger partial charge in [-0.15, -0.1) is 10.2 Å². The van der Waals surface area contributed by atoms with Crippen molar-refractivity contribution in [3.05, 3.63) is 11.6 Å². The number of nitrogens with zero attached hydrogens (tertiary/aromatic N) is 3. The fourth-order valence-electron chi connectivity index (χ4n) is 2.60. The predicted octanol–water partition coefficient (Wildman–Crippen LogP) is 0.429. The largest absolute Gasteiger partial charge is 0.481 e. The second kappa shape index (κ2) is 4.10. The molecule has 6 nitrogen and oxygen atoms in total. The van der Waals surface area contributed by atoms with Crippen molar-refractivity contribution < 1.29 is 14.6 Å². The van der Waals surface area contributed by atoms with Crippen LogP contribution >= 0.6 is 0 Å². The van der Waals surface area contributed by atoms with Gasteiger partial charge in [0, 0.05) is 25.5 Å². The van der Waals surface area contributed by atoms with Crippen molar-refractivity contribution in [1.29, 1.82) is 0 Å². The van der Waals surface area contributed by atoms with Crippen LogP contribution in [0.15, 0.2) is 0 Å². The normalized spacial score (nSPS) is 28.0. The molecule has 1 aromatic rings. The molecule has 0 radical (unpaired) electrons. The first-order valence-corrected chi connectivity index (χ1v) is 5.98. The molecule has 17 heavy (non-hydrogen) atoms. The summed E-state index contributed by atoms with van der Waals surface area (Å²) in [6.45, 7) is 2.20. The lowest BCUT2D eigenvalue weighted by atomic mass is 9.97. The van der Waals surface area contributed by atoms with E-state index in [-0.39, 0.29) is 5.92 Å². The van der Waals surface area contributed by atoms with Gasteiger partial charge in [-0.05, 0) is 12.8 Å². The van der Waals surface area contributed by atoms with Crippen LogP contribution in [0.2, 0.25) is 0 Å². The van der Waals surface area contributed by atoms with Crippen molar-refractivity contribution in [2.24, 2.45) is 5.92 Å². The van der Waals surface area contributed by atoms with Crippen molar-refractivity contribution in [2.75, 3.05) is 13.2 Å². The zero-order valence-electron chi connectivity index (χ0n) is 9.50. The first kappa shape index (κ1) is 10.7. The molecule has 1 saturated heterocycles. The van der Waals surface area contributed by atoms with Crippen LogP contribution in [-0.4, -0.2) is 39.1 Å². The maximum absolute atomic E-state index is 10.9. The topological polar surface area (TPSA) is 77.2 Å². The fraction of sp³-hybridized carbons (Fsp3) is 0.727. The van der Waals surface area contributed by atoms with Gasteiger partial charge in [0.2, 0.25) is 0 Å². The monoisotopic (exact) mass is 237 g/mol. The van der Waals surface area contributed by atoms with Gasteiger partial charge in [0.25, 0.3) is 0 Å². The lowest BCUT2D eigenvalue weighted by Crippen LogP contribution is -2.27. The molecule has 0 saturated carbocycles. The number of carbonyl (C=O) groups is 1. The molecule has 1 fully saturated rings. The van der Waals surface area contributed by atoms with Crippen molar-refractivity contribution >= 4 is 5.97 Å². The highest BCUT2D eigenvalue weighted by Gasteiger charge is 2.31. The first-order chi connectivity index (χ1) is 8.25. The van der Waals surface area contributed by atoms with Gasteiger partial charge in [-0.3, -0.25) is 4.79 Å². The summed E-state index contributed by atoms with van der Waals surface area (Å²) in [6.07, 6.45) is 2.15. The van der Waals surface area contributed by atoms with Gasteiger partial charge in [-0.1, -0.05) is 0 Å². The molecule has 2 aliphatic rings. The van der Waals surface area contributed by atoms with Crippen LogP contribution in [-0.2, 0) is 22.5 Å².